The van der Waals surface area contributed by atoms with Crippen LogP contribution in [0.5, 0.6) is 0 Å². The van der Waals surface area contributed by atoms with Crippen LogP contribution < -0.4 is 10.2 Å². The highest BCUT2D eigenvalue weighted by atomic mass is 16.7. The van der Waals surface area contributed by atoms with Crippen LogP contribution >= 0.6 is 0 Å². The third-order valence-electron chi connectivity index (χ3n) is 9.87. The van der Waals surface area contributed by atoms with Gasteiger partial charge in [0.05, 0.1) is 17.1 Å². The Morgan fingerprint density at radius 1 is 0.792 bits per heavy atom. The fourth-order valence-electron chi connectivity index (χ4n) is 6.66. The van der Waals surface area contributed by atoms with Gasteiger partial charge in [-0.15, -0.1) is 0 Å². The van der Waals surface area contributed by atoms with Crippen molar-refractivity contribution in [3.05, 3.63) is 90.0 Å². The van der Waals surface area contributed by atoms with Gasteiger partial charge in [-0.05, 0) is 61.7 Å². The summed E-state index contributed by atoms with van der Waals surface area (Å²) < 4.78 is 0. The zero-order chi connectivity index (χ0) is 37.4. The number of carbonyl (C=O) groups is 2. The molecule has 1 aliphatic heterocycles. The van der Waals surface area contributed by atoms with Gasteiger partial charge >= 0.3 is 5.97 Å². The first kappa shape index (κ1) is 39.0. The minimum atomic E-state index is -1.02. The molecule has 1 unspecified atom stereocenters. The van der Waals surface area contributed by atoms with E-state index in [1.807, 2.05) is 54.6 Å². The van der Waals surface area contributed by atoms with E-state index in [1.165, 1.54) is 57.1 Å². The second-order valence-electron chi connectivity index (χ2n) is 13.7. The number of carboxylic acids is 1. The molecular weight excluding hydrogens is 663 g/mol. The van der Waals surface area contributed by atoms with Crippen molar-refractivity contribution < 1.29 is 19.5 Å². The number of hydrogen-bond donors (Lipinski definition) is 3. The number of hydrogen-bond acceptors (Lipinski definition) is 6. The van der Waals surface area contributed by atoms with Gasteiger partial charge in [0.1, 0.15) is 5.82 Å². The number of nitrogens with zero attached hydrogens (tertiary/aromatic N) is 3. The predicted molar refractivity (Wildman–Crippen MR) is 216 cm³/mol. The van der Waals surface area contributed by atoms with Gasteiger partial charge in [0.15, 0.2) is 0 Å². The molecule has 1 aliphatic rings. The van der Waals surface area contributed by atoms with Crippen molar-refractivity contribution in [2.45, 2.75) is 97.5 Å². The smallest absolute Gasteiger partial charge is 0.348 e. The highest BCUT2D eigenvalue weighted by Crippen LogP contribution is 2.34. The standard InChI is InChI=1S/C44H55N5O4/c1-4-7-8-9-10-11-12-13-14-15-30-45-40(50)29-18-32-16-19-34(20-17-32)41-42(35-23-21-33(22-24-35)38-31-39(44(51)52)53-48-38)47-43(46-41)36-25-27-37(28-26-36)49(5-2)6-3/h16-29,39H,4-15,30-31H2,1-3H3,(H,45,50)(H,46,47)(H,51,52). The van der Waals surface area contributed by atoms with E-state index in [4.69, 9.17) is 9.82 Å². The Morgan fingerprint density at radius 3 is 1.98 bits per heavy atom. The molecule has 3 N–H and O–H groups in total. The molecule has 53 heavy (non-hydrogen) atoms. The molecular formula is C44H55N5O4. The SMILES string of the molecule is CCCCCCCCCCCCNC(=O)C=Cc1ccc(-c2[nH]c(-c3ccc(N(CC)CC)cc3)nc2-c2ccc(C3=NOC(C(=O)O)C3)cc2)cc1. The van der Waals surface area contributed by atoms with E-state index in [-0.39, 0.29) is 12.3 Å². The van der Waals surface area contributed by atoms with Crippen molar-refractivity contribution in [2.75, 3.05) is 24.5 Å². The number of aromatic amines is 1. The third kappa shape index (κ3) is 11.2. The number of unbranched alkanes of at least 4 members (excludes halogenated alkanes) is 9. The maximum absolute atomic E-state index is 12.5. The van der Waals surface area contributed by atoms with Crippen molar-refractivity contribution in [3.63, 3.8) is 0 Å². The van der Waals surface area contributed by atoms with Crippen LogP contribution in [0, 0.1) is 0 Å². The second kappa shape index (κ2) is 20.2. The van der Waals surface area contributed by atoms with Gasteiger partial charge in [-0.2, -0.15) is 0 Å². The van der Waals surface area contributed by atoms with E-state index in [1.54, 1.807) is 6.08 Å². The summed E-state index contributed by atoms with van der Waals surface area (Å²) in [5.74, 6) is -0.343. The molecule has 4 aromatic rings. The zero-order valence-electron chi connectivity index (χ0n) is 31.6. The molecule has 1 atom stereocenters. The molecule has 1 aromatic heterocycles. The molecule has 0 spiro atoms. The van der Waals surface area contributed by atoms with E-state index in [0.29, 0.717) is 12.3 Å². The summed E-state index contributed by atoms with van der Waals surface area (Å²) in [5, 5.41) is 16.3. The number of amides is 1. The van der Waals surface area contributed by atoms with E-state index >= 15 is 0 Å². The predicted octanol–water partition coefficient (Wildman–Crippen LogP) is 9.88. The lowest BCUT2D eigenvalue weighted by molar-refractivity contribution is -0.148. The molecule has 1 amide bonds. The van der Waals surface area contributed by atoms with Crippen molar-refractivity contribution >= 4 is 29.4 Å². The highest BCUT2D eigenvalue weighted by Gasteiger charge is 2.28. The van der Waals surface area contributed by atoms with Crippen LogP contribution in [0.15, 0.2) is 84.0 Å². The first-order valence-electron chi connectivity index (χ1n) is 19.5. The number of imidazole rings is 1. The minimum absolute atomic E-state index is 0.0745. The van der Waals surface area contributed by atoms with Crippen LogP contribution in [0.3, 0.4) is 0 Å². The molecule has 0 saturated heterocycles. The van der Waals surface area contributed by atoms with E-state index < -0.39 is 12.1 Å². The Hall–Kier alpha value is -5.18. The van der Waals surface area contributed by atoms with Crippen LogP contribution in [0.4, 0.5) is 5.69 Å². The lowest BCUT2D eigenvalue weighted by atomic mass is 10.00. The van der Waals surface area contributed by atoms with Crippen molar-refractivity contribution in [1.29, 1.82) is 0 Å². The summed E-state index contributed by atoms with van der Waals surface area (Å²) in [5.41, 5.74) is 8.03. The largest absolute Gasteiger partial charge is 0.478 e. The monoisotopic (exact) mass is 717 g/mol. The zero-order valence-corrected chi connectivity index (χ0v) is 31.6. The van der Waals surface area contributed by atoms with Gasteiger partial charge in [-0.1, -0.05) is 118 Å². The molecule has 280 valence electrons. The fourth-order valence-corrected chi connectivity index (χ4v) is 6.66. The Kier molecular flexibility index (Phi) is 14.9. The number of H-pyrrole nitrogens is 1. The van der Waals surface area contributed by atoms with Gasteiger partial charge in [-0.3, -0.25) is 4.79 Å². The Morgan fingerprint density at radius 2 is 1.38 bits per heavy atom. The quantitative estimate of drug-likeness (QED) is 0.0583. The van der Waals surface area contributed by atoms with Crippen LogP contribution in [-0.4, -0.2) is 58.4 Å². The van der Waals surface area contributed by atoms with Crippen LogP contribution in [0.2, 0.25) is 0 Å². The lowest BCUT2D eigenvalue weighted by Gasteiger charge is -2.20. The number of carbonyl (C=O) groups excluding carboxylic acids is 1. The number of nitrogens with one attached hydrogen (secondary N) is 2. The summed E-state index contributed by atoms with van der Waals surface area (Å²) in [6, 6.07) is 24.3. The summed E-state index contributed by atoms with van der Waals surface area (Å²) in [7, 11) is 0. The van der Waals surface area contributed by atoms with Gasteiger partial charge < -0.3 is 25.1 Å². The topological polar surface area (TPSA) is 120 Å². The normalized spacial score (nSPS) is 13.9. The number of aromatic nitrogens is 2. The first-order valence-corrected chi connectivity index (χ1v) is 19.5. The number of benzene rings is 3. The number of carboxylic acid groups (broad SMARTS) is 1. The number of aliphatic carboxylic acids is 1. The van der Waals surface area contributed by atoms with E-state index in [9.17, 15) is 14.7 Å². The van der Waals surface area contributed by atoms with Crippen LogP contribution in [0.1, 0.15) is 103 Å². The molecule has 0 aliphatic carbocycles. The second-order valence-corrected chi connectivity index (χ2v) is 13.7. The van der Waals surface area contributed by atoms with Gasteiger partial charge in [-0.25, -0.2) is 9.78 Å². The van der Waals surface area contributed by atoms with E-state index in [2.05, 4.69) is 65.4 Å². The van der Waals surface area contributed by atoms with Gasteiger partial charge in [0.25, 0.3) is 0 Å². The summed E-state index contributed by atoms with van der Waals surface area (Å²) >= 11 is 0. The molecule has 0 bridgehead atoms. The lowest BCUT2D eigenvalue weighted by Crippen LogP contribution is -2.21. The summed E-state index contributed by atoms with van der Waals surface area (Å²) in [4.78, 5) is 39.9. The maximum Gasteiger partial charge on any atom is 0.348 e. The molecule has 3 aromatic carbocycles. The average Bonchev–Trinajstić information content (AvgIpc) is 3.87. The van der Waals surface area contributed by atoms with Crippen molar-refractivity contribution in [3.8, 4) is 33.9 Å². The van der Waals surface area contributed by atoms with Gasteiger partial charge in [0.2, 0.25) is 12.0 Å². The molecule has 9 nitrogen and oxygen atoms in total. The molecule has 0 radical (unpaired) electrons. The minimum Gasteiger partial charge on any atom is -0.478 e. The number of oxime groups is 1. The highest BCUT2D eigenvalue weighted by molar-refractivity contribution is 6.03. The molecule has 0 saturated carbocycles. The van der Waals surface area contributed by atoms with E-state index in [0.717, 1.165) is 71.0 Å². The maximum atomic E-state index is 12.5. The molecule has 2 heterocycles. The number of anilines is 1. The first-order chi connectivity index (χ1) is 25.9. The van der Waals surface area contributed by atoms with Gasteiger partial charge in [0, 0.05) is 54.5 Å². The molecule has 0 fully saturated rings. The van der Waals surface area contributed by atoms with Crippen LogP contribution in [0.25, 0.3) is 40.0 Å². The van der Waals surface area contributed by atoms with Crippen LogP contribution in [-0.2, 0) is 14.4 Å². The Balaban J connectivity index is 1.24. The Bertz CT molecular complexity index is 1810. The van der Waals surface area contributed by atoms with Crippen molar-refractivity contribution in [2.24, 2.45) is 5.16 Å². The average molecular weight is 718 g/mol. The third-order valence-corrected chi connectivity index (χ3v) is 9.87. The molecule has 5 rings (SSSR count). The Labute approximate surface area is 314 Å². The molecule has 9 heteroatoms. The fraction of sp³-hybridized carbons (Fsp3) is 0.409. The summed E-state index contributed by atoms with van der Waals surface area (Å²) in [6.45, 7) is 9.13. The number of rotatable bonds is 21. The summed E-state index contributed by atoms with van der Waals surface area (Å²) in [6.07, 6.45) is 15.4. The van der Waals surface area contributed by atoms with Crippen molar-refractivity contribution in [1.82, 2.24) is 15.3 Å².